The van der Waals surface area contributed by atoms with E-state index < -0.39 is 0 Å². The first-order chi connectivity index (χ1) is 8.41. The molecule has 0 saturated carbocycles. The van der Waals surface area contributed by atoms with E-state index in [1.54, 1.807) is 18.2 Å². The average Bonchev–Trinajstić information content (AvgIpc) is 2.28. The summed E-state index contributed by atoms with van der Waals surface area (Å²) < 4.78 is 0. The zero-order valence-corrected chi connectivity index (χ0v) is 12.5. The molecule has 18 heavy (non-hydrogen) atoms. The van der Waals surface area contributed by atoms with Gasteiger partial charge in [-0.3, -0.25) is 4.79 Å². The Morgan fingerprint density at radius 1 is 1.44 bits per heavy atom. The van der Waals surface area contributed by atoms with Gasteiger partial charge in [-0.2, -0.15) is 0 Å². The second kappa shape index (κ2) is 6.44. The molecule has 0 saturated heterocycles. The number of carbonyl (C=O) groups excluding carboxylic acids is 1. The molecule has 0 heterocycles. The SMILES string of the molecule is CCC(C)(CCCl)NC(=O)c1ccc(Cl)cc1C. The fourth-order valence-electron chi connectivity index (χ4n) is 1.76. The maximum atomic E-state index is 12.2. The van der Waals surface area contributed by atoms with Gasteiger partial charge in [0.15, 0.2) is 0 Å². The molecule has 4 heteroatoms. The van der Waals surface area contributed by atoms with Gasteiger partial charge in [-0.05, 0) is 50.5 Å². The first-order valence-electron chi connectivity index (χ1n) is 6.06. The first-order valence-corrected chi connectivity index (χ1v) is 6.98. The van der Waals surface area contributed by atoms with E-state index >= 15 is 0 Å². The molecule has 1 rings (SSSR count). The monoisotopic (exact) mass is 287 g/mol. The Hall–Kier alpha value is -0.730. The molecule has 1 N–H and O–H groups in total. The largest absolute Gasteiger partial charge is 0.347 e. The van der Waals surface area contributed by atoms with Crippen LogP contribution in [0.15, 0.2) is 18.2 Å². The van der Waals surface area contributed by atoms with Crippen molar-refractivity contribution in [3.05, 3.63) is 34.3 Å². The maximum Gasteiger partial charge on any atom is 0.251 e. The van der Waals surface area contributed by atoms with E-state index in [0.29, 0.717) is 16.5 Å². The Labute approximate surface area is 119 Å². The Kier molecular flexibility index (Phi) is 5.48. The zero-order valence-electron chi connectivity index (χ0n) is 11.0. The van der Waals surface area contributed by atoms with E-state index in [9.17, 15) is 4.79 Å². The summed E-state index contributed by atoms with van der Waals surface area (Å²) in [5.41, 5.74) is 1.28. The molecule has 2 nitrogen and oxygen atoms in total. The number of benzene rings is 1. The van der Waals surface area contributed by atoms with Gasteiger partial charge in [0.1, 0.15) is 0 Å². The van der Waals surface area contributed by atoms with E-state index in [-0.39, 0.29) is 11.4 Å². The molecule has 0 aromatic heterocycles. The van der Waals surface area contributed by atoms with Crippen molar-refractivity contribution in [2.45, 2.75) is 39.2 Å². The van der Waals surface area contributed by atoms with Crippen LogP contribution >= 0.6 is 23.2 Å². The Morgan fingerprint density at radius 3 is 2.61 bits per heavy atom. The third-order valence-corrected chi connectivity index (χ3v) is 3.70. The molecule has 1 aromatic carbocycles. The summed E-state index contributed by atoms with van der Waals surface area (Å²) in [7, 11) is 0. The summed E-state index contributed by atoms with van der Waals surface area (Å²) in [5, 5.41) is 3.70. The van der Waals surface area contributed by atoms with Gasteiger partial charge in [-0.25, -0.2) is 0 Å². The van der Waals surface area contributed by atoms with Crippen LogP contribution in [0.1, 0.15) is 42.6 Å². The summed E-state index contributed by atoms with van der Waals surface area (Å²) in [6, 6.07) is 5.28. The van der Waals surface area contributed by atoms with Crippen LogP contribution in [-0.4, -0.2) is 17.3 Å². The second-order valence-corrected chi connectivity index (χ2v) is 5.58. The van der Waals surface area contributed by atoms with Gasteiger partial charge in [0.2, 0.25) is 0 Å². The molecule has 0 fully saturated rings. The second-order valence-electron chi connectivity index (χ2n) is 4.77. The molecule has 1 amide bonds. The lowest BCUT2D eigenvalue weighted by Gasteiger charge is -2.29. The number of aryl methyl sites for hydroxylation is 1. The van der Waals surface area contributed by atoms with Crippen molar-refractivity contribution in [1.29, 1.82) is 0 Å². The van der Waals surface area contributed by atoms with Crippen molar-refractivity contribution in [3.63, 3.8) is 0 Å². The highest BCUT2D eigenvalue weighted by Gasteiger charge is 2.24. The van der Waals surface area contributed by atoms with Gasteiger partial charge in [-0.15, -0.1) is 11.6 Å². The number of halogens is 2. The van der Waals surface area contributed by atoms with Crippen LogP contribution in [-0.2, 0) is 0 Å². The van der Waals surface area contributed by atoms with Crippen LogP contribution in [0.3, 0.4) is 0 Å². The molecule has 1 unspecified atom stereocenters. The topological polar surface area (TPSA) is 29.1 Å². The van der Waals surface area contributed by atoms with Crippen LogP contribution in [0, 0.1) is 6.92 Å². The minimum atomic E-state index is -0.259. The quantitative estimate of drug-likeness (QED) is 0.809. The highest BCUT2D eigenvalue weighted by Crippen LogP contribution is 2.19. The predicted molar refractivity (Wildman–Crippen MR) is 77.7 cm³/mol. The summed E-state index contributed by atoms with van der Waals surface area (Å²) in [6.45, 7) is 5.94. The third-order valence-electron chi connectivity index (χ3n) is 3.27. The lowest BCUT2D eigenvalue weighted by molar-refractivity contribution is 0.0901. The molecule has 100 valence electrons. The summed E-state index contributed by atoms with van der Waals surface area (Å²) in [4.78, 5) is 12.2. The highest BCUT2D eigenvalue weighted by molar-refractivity contribution is 6.30. The van der Waals surface area contributed by atoms with Crippen molar-refractivity contribution in [2.75, 3.05) is 5.88 Å². The van der Waals surface area contributed by atoms with E-state index in [0.717, 1.165) is 18.4 Å². The number of hydrogen-bond acceptors (Lipinski definition) is 1. The normalized spacial score (nSPS) is 14.1. The number of amides is 1. The zero-order chi connectivity index (χ0) is 13.8. The Morgan fingerprint density at radius 2 is 2.11 bits per heavy atom. The van der Waals surface area contributed by atoms with E-state index in [2.05, 4.69) is 5.32 Å². The smallest absolute Gasteiger partial charge is 0.251 e. The minimum Gasteiger partial charge on any atom is -0.347 e. The van der Waals surface area contributed by atoms with Crippen molar-refractivity contribution in [3.8, 4) is 0 Å². The van der Waals surface area contributed by atoms with Crippen LogP contribution < -0.4 is 5.32 Å². The highest BCUT2D eigenvalue weighted by atomic mass is 35.5. The summed E-state index contributed by atoms with van der Waals surface area (Å²) in [6.07, 6.45) is 1.60. The van der Waals surface area contributed by atoms with Crippen LogP contribution in [0.4, 0.5) is 0 Å². The molecular weight excluding hydrogens is 269 g/mol. The molecule has 0 spiro atoms. The van der Waals surface area contributed by atoms with E-state index in [1.165, 1.54) is 0 Å². The van der Waals surface area contributed by atoms with Gasteiger partial charge in [-0.1, -0.05) is 18.5 Å². The molecule has 0 bridgehead atoms. The van der Waals surface area contributed by atoms with Gasteiger partial charge >= 0.3 is 0 Å². The lowest BCUT2D eigenvalue weighted by atomic mass is 9.94. The standard InChI is InChI=1S/C14H19Cl2NO/c1-4-14(3,7-8-15)17-13(18)12-6-5-11(16)9-10(12)2/h5-6,9H,4,7-8H2,1-3H3,(H,17,18). The van der Waals surface area contributed by atoms with Crippen LogP contribution in [0.2, 0.25) is 5.02 Å². The Balaban J connectivity index is 2.87. The fourth-order valence-corrected chi connectivity index (χ4v) is 2.40. The molecule has 1 aromatic rings. The summed E-state index contributed by atoms with van der Waals surface area (Å²) >= 11 is 11.7. The molecule has 0 aliphatic heterocycles. The average molecular weight is 288 g/mol. The Bertz CT molecular complexity index is 434. The number of carbonyl (C=O) groups is 1. The molecule has 1 atom stereocenters. The number of alkyl halides is 1. The minimum absolute atomic E-state index is 0.0707. The van der Waals surface area contributed by atoms with Gasteiger partial charge in [0.25, 0.3) is 5.91 Å². The van der Waals surface area contributed by atoms with Crippen molar-refractivity contribution < 1.29 is 4.79 Å². The fraction of sp³-hybridized carbons (Fsp3) is 0.500. The van der Waals surface area contributed by atoms with Crippen molar-refractivity contribution >= 4 is 29.1 Å². The maximum absolute atomic E-state index is 12.2. The number of nitrogens with one attached hydrogen (secondary N) is 1. The van der Waals surface area contributed by atoms with E-state index in [4.69, 9.17) is 23.2 Å². The number of hydrogen-bond donors (Lipinski definition) is 1. The van der Waals surface area contributed by atoms with Crippen molar-refractivity contribution in [2.24, 2.45) is 0 Å². The summed E-state index contributed by atoms with van der Waals surface area (Å²) in [5.74, 6) is 0.461. The lowest BCUT2D eigenvalue weighted by Crippen LogP contribution is -2.46. The predicted octanol–water partition coefficient (Wildman–Crippen LogP) is 4.18. The van der Waals surface area contributed by atoms with Gasteiger partial charge in [0.05, 0.1) is 0 Å². The van der Waals surface area contributed by atoms with Gasteiger partial charge < -0.3 is 5.32 Å². The van der Waals surface area contributed by atoms with E-state index in [1.807, 2.05) is 20.8 Å². The molecule has 0 aliphatic carbocycles. The molecule has 0 aliphatic rings. The first kappa shape index (κ1) is 15.3. The van der Waals surface area contributed by atoms with Crippen molar-refractivity contribution in [1.82, 2.24) is 5.32 Å². The molecule has 0 radical (unpaired) electrons. The number of rotatable bonds is 5. The van der Waals surface area contributed by atoms with Crippen LogP contribution in [0.5, 0.6) is 0 Å². The van der Waals surface area contributed by atoms with Crippen LogP contribution in [0.25, 0.3) is 0 Å². The van der Waals surface area contributed by atoms with Gasteiger partial charge in [0, 0.05) is 22.0 Å². The molecular formula is C14H19Cl2NO. The third kappa shape index (κ3) is 3.89.